The van der Waals surface area contributed by atoms with Gasteiger partial charge in [-0.25, -0.2) is 4.98 Å². The molecule has 2 aromatic rings. The van der Waals surface area contributed by atoms with E-state index in [9.17, 15) is 18.0 Å². The van der Waals surface area contributed by atoms with E-state index in [0.717, 1.165) is 12.1 Å². The number of alkyl halides is 3. The van der Waals surface area contributed by atoms with Crippen molar-refractivity contribution in [2.45, 2.75) is 12.3 Å². The molecule has 3 rings (SSSR count). The summed E-state index contributed by atoms with van der Waals surface area (Å²) in [5.74, 6) is -0.188. The molecule has 1 aromatic heterocycles. The third kappa shape index (κ3) is 3.53. The van der Waals surface area contributed by atoms with E-state index in [2.05, 4.69) is 4.98 Å². The lowest BCUT2D eigenvalue weighted by molar-refractivity contribution is -0.137. The van der Waals surface area contributed by atoms with E-state index < -0.39 is 17.8 Å². The first-order valence-corrected chi connectivity index (χ1v) is 7.85. The summed E-state index contributed by atoms with van der Waals surface area (Å²) in [6.07, 6.45) is -4.80. The van der Waals surface area contributed by atoms with Crippen molar-refractivity contribution < 1.29 is 22.7 Å². The van der Waals surface area contributed by atoms with Crippen molar-refractivity contribution in [2.24, 2.45) is 0 Å². The number of thiazole rings is 1. The summed E-state index contributed by atoms with van der Waals surface area (Å²) in [7, 11) is 0. The van der Waals surface area contributed by atoms with E-state index in [1.807, 2.05) is 0 Å². The Morgan fingerprint density at radius 2 is 2.04 bits per heavy atom. The molecule has 1 aliphatic heterocycles. The molecule has 0 aliphatic carbocycles. The second-order valence-electron chi connectivity index (χ2n) is 5.10. The lowest BCUT2D eigenvalue weighted by Gasteiger charge is -2.33. The van der Waals surface area contributed by atoms with Gasteiger partial charge in [-0.3, -0.25) is 4.79 Å². The van der Waals surface area contributed by atoms with Crippen molar-refractivity contribution in [3.63, 3.8) is 0 Å². The molecule has 1 amide bonds. The SMILES string of the molecule is O=C(c1cscn1)N1CCO[C@H](c2ccc(C(F)(F)F)cc2)C1. The number of hydrogen-bond donors (Lipinski definition) is 0. The van der Waals surface area contributed by atoms with Crippen molar-refractivity contribution in [1.29, 1.82) is 0 Å². The maximum absolute atomic E-state index is 12.6. The Kier molecular flexibility index (Phi) is 4.36. The molecule has 1 aromatic carbocycles. The van der Waals surface area contributed by atoms with Gasteiger partial charge in [0.25, 0.3) is 5.91 Å². The molecular formula is C15H13F3N2O2S. The van der Waals surface area contributed by atoms with Gasteiger partial charge in [0.2, 0.25) is 0 Å². The highest BCUT2D eigenvalue weighted by molar-refractivity contribution is 7.07. The van der Waals surface area contributed by atoms with Crippen LogP contribution in [0.25, 0.3) is 0 Å². The zero-order chi connectivity index (χ0) is 16.4. The van der Waals surface area contributed by atoms with E-state index >= 15 is 0 Å². The van der Waals surface area contributed by atoms with E-state index in [0.29, 0.717) is 31.0 Å². The van der Waals surface area contributed by atoms with Gasteiger partial charge in [-0.1, -0.05) is 12.1 Å². The minimum absolute atomic E-state index is 0.188. The van der Waals surface area contributed by atoms with Crippen LogP contribution in [0.5, 0.6) is 0 Å². The fraction of sp³-hybridized carbons (Fsp3) is 0.333. The highest BCUT2D eigenvalue weighted by Gasteiger charge is 2.31. The van der Waals surface area contributed by atoms with Crippen LogP contribution in [0, 0.1) is 0 Å². The second-order valence-corrected chi connectivity index (χ2v) is 5.82. The van der Waals surface area contributed by atoms with Gasteiger partial charge in [0.05, 0.1) is 24.2 Å². The van der Waals surface area contributed by atoms with Gasteiger partial charge >= 0.3 is 6.18 Å². The summed E-state index contributed by atoms with van der Waals surface area (Å²) in [6.45, 7) is 1.07. The Bertz CT molecular complexity index is 671. The third-order valence-electron chi connectivity index (χ3n) is 3.61. The number of carbonyl (C=O) groups is 1. The number of nitrogens with zero attached hydrogens (tertiary/aromatic N) is 2. The Morgan fingerprint density at radius 1 is 1.30 bits per heavy atom. The molecule has 1 atom stereocenters. The lowest BCUT2D eigenvalue weighted by Crippen LogP contribution is -2.42. The third-order valence-corrected chi connectivity index (χ3v) is 4.20. The van der Waals surface area contributed by atoms with Gasteiger partial charge in [-0.05, 0) is 17.7 Å². The molecule has 0 saturated carbocycles. The zero-order valence-corrected chi connectivity index (χ0v) is 12.7. The summed E-state index contributed by atoms with van der Waals surface area (Å²) in [6, 6.07) is 4.84. The quantitative estimate of drug-likeness (QED) is 0.840. The van der Waals surface area contributed by atoms with E-state index in [-0.39, 0.29) is 5.91 Å². The monoisotopic (exact) mass is 342 g/mol. The van der Waals surface area contributed by atoms with Crippen molar-refractivity contribution in [1.82, 2.24) is 9.88 Å². The van der Waals surface area contributed by atoms with Crippen LogP contribution in [0.3, 0.4) is 0 Å². The first-order valence-electron chi connectivity index (χ1n) is 6.91. The van der Waals surface area contributed by atoms with Crippen molar-refractivity contribution >= 4 is 17.2 Å². The standard InChI is InChI=1S/C15H13F3N2O2S/c16-15(17,18)11-3-1-10(2-4-11)13-7-20(5-6-22-13)14(21)12-8-23-9-19-12/h1-4,8-9,13H,5-7H2/t13-/m0/s1. The number of amides is 1. The Balaban J connectivity index is 1.72. The number of rotatable bonds is 2. The van der Waals surface area contributed by atoms with Crippen LogP contribution in [-0.4, -0.2) is 35.5 Å². The van der Waals surface area contributed by atoms with Crippen molar-refractivity contribution in [2.75, 3.05) is 19.7 Å². The molecule has 0 spiro atoms. The molecule has 0 bridgehead atoms. The number of benzene rings is 1. The van der Waals surface area contributed by atoms with Gasteiger partial charge in [-0.15, -0.1) is 11.3 Å². The second kappa shape index (κ2) is 6.29. The van der Waals surface area contributed by atoms with Crippen LogP contribution < -0.4 is 0 Å². The minimum Gasteiger partial charge on any atom is -0.370 e. The molecule has 1 aliphatic rings. The van der Waals surface area contributed by atoms with Gasteiger partial charge in [0.1, 0.15) is 11.8 Å². The molecule has 1 saturated heterocycles. The molecule has 0 unspecified atom stereocenters. The Morgan fingerprint density at radius 3 is 2.65 bits per heavy atom. The lowest BCUT2D eigenvalue weighted by atomic mass is 10.0. The molecule has 2 heterocycles. The number of ether oxygens (including phenoxy) is 1. The molecule has 0 N–H and O–H groups in total. The van der Waals surface area contributed by atoms with Crippen LogP contribution in [-0.2, 0) is 10.9 Å². The first kappa shape index (κ1) is 15.9. The topological polar surface area (TPSA) is 42.4 Å². The first-order chi connectivity index (χ1) is 10.9. The molecule has 0 radical (unpaired) electrons. The summed E-state index contributed by atoms with van der Waals surface area (Å²) in [5, 5.41) is 1.67. The Hall–Kier alpha value is -1.93. The fourth-order valence-electron chi connectivity index (χ4n) is 2.40. The van der Waals surface area contributed by atoms with Crippen LogP contribution in [0.2, 0.25) is 0 Å². The smallest absolute Gasteiger partial charge is 0.370 e. The maximum atomic E-state index is 12.6. The van der Waals surface area contributed by atoms with Crippen LogP contribution in [0.15, 0.2) is 35.2 Å². The van der Waals surface area contributed by atoms with Crippen LogP contribution in [0.4, 0.5) is 13.2 Å². The van der Waals surface area contributed by atoms with E-state index in [1.165, 1.54) is 23.5 Å². The van der Waals surface area contributed by atoms with Gasteiger partial charge in [-0.2, -0.15) is 13.2 Å². The largest absolute Gasteiger partial charge is 0.416 e. The average molecular weight is 342 g/mol. The molecule has 8 heteroatoms. The normalized spacial score (nSPS) is 18.9. The van der Waals surface area contributed by atoms with Gasteiger partial charge in [0.15, 0.2) is 0 Å². The minimum atomic E-state index is -4.36. The highest BCUT2D eigenvalue weighted by Crippen LogP contribution is 2.31. The van der Waals surface area contributed by atoms with Crippen LogP contribution in [0.1, 0.15) is 27.7 Å². The van der Waals surface area contributed by atoms with Crippen molar-refractivity contribution in [3.8, 4) is 0 Å². The summed E-state index contributed by atoms with van der Waals surface area (Å²) in [4.78, 5) is 17.9. The number of morpholine rings is 1. The zero-order valence-electron chi connectivity index (χ0n) is 11.9. The molecule has 4 nitrogen and oxygen atoms in total. The predicted molar refractivity (Wildman–Crippen MR) is 78.2 cm³/mol. The fourth-order valence-corrected chi connectivity index (χ4v) is 2.93. The van der Waals surface area contributed by atoms with Crippen LogP contribution >= 0.6 is 11.3 Å². The number of hydrogen-bond acceptors (Lipinski definition) is 4. The van der Waals surface area contributed by atoms with E-state index in [1.54, 1.807) is 15.8 Å². The summed E-state index contributed by atoms with van der Waals surface area (Å²) >= 11 is 1.34. The molecule has 23 heavy (non-hydrogen) atoms. The molecule has 1 fully saturated rings. The van der Waals surface area contributed by atoms with Crippen molar-refractivity contribution in [3.05, 3.63) is 52.0 Å². The summed E-state index contributed by atoms with van der Waals surface area (Å²) < 4.78 is 43.4. The predicted octanol–water partition coefficient (Wildman–Crippen LogP) is 3.38. The Labute approximate surface area is 134 Å². The number of carbonyl (C=O) groups excluding carboxylic acids is 1. The van der Waals surface area contributed by atoms with Gasteiger partial charge < -0.3 is 9.64 Å². The number of aromatic nitrogens is 1. The summed E-state index contributed by atoms with van der Waals surface area (Å²) in [5.41, 5.74) is 1.88. The average Bonchev–Trinajstić information content (AvgIpc) is 3.08. The maximum Gasteiger partial charge on any atom is 0.416 e. The highest BCUT2D eigenvalue weighted by atomic mass is 32.1. The van der Waals surface area contributed by atoms with Gasteiger partial charge in [0, 0.05) is 11.9 Å². The molecule has 122 valence electrons. The number of halogens is 3. The van der Waals surface area contributed by atoms with E-state index in [4.69, 9.17) is 4.74 Å². The molecular weight excluding hydrogens is 329 g/mol.